The molecule has 0 bridgehead atoms. The monoisotopic (exact) mass is 424 g/mol. The van der Waals surface area contributed by atoms with Crippen LogP contribution in [0.3, 0.4) is 0 Å². The van der Waals surface area contributed by atoms with E-state index < -0.39 is 0 Å². The molecule has 0 aromatic heterocycles. The summed E-state index contributed by atoms with van der Waals surface area (Å²) in [4.78, 5) is 30.3. The number of nitro groups is 1. The Morgan fingerprint density at radius 3 is 2.13 bits per heavy atom. The smallest absolute Gasteiger partial charge is 0.292 e. The van der Waals surface area contributed by atoms with Crippen molar-refractivity contribution in [1.82, 2.24) is 4.90 Å². The second-order valence-electron chi connectivity index (χ2n) is 7.99. The van der Waals surface area contributed by atoms with Crippen LogP contribution in [0.2, 0.25) is 0 Å². The lowest BCUT2D eigenvalue weighted by molar-refractivity contribution is -0.384. The van der Waals surface area contributed by atoms with Crippen molar-refractivity contribution in [2.24, 2.45) is 5.92 Å². The molecule has 0 radical (unpaired) electrons. The summed E-state index contributed by atoms with van der Waals surface area (Å²) in [7, 11) is 1.68. The van der Waals surface area contributed by atoms with Crippen LogP contribution in [0.15, 0.2) is 48.5 Å². The van der Waals surface area contributed by atoms with E-state index >= 15 is 0 Å². The zero-order chi connectivity index (χ0) is 21.8. The molecule has 0 unspecified atom stereocenters. The molecule has 8 heteroatoms. The van der Waals surface area contributed by atoms with E-state index in [4.69, 9.17) is 4.74 Å². The Bertz CT molecular complexity index is 935. The lowest BCUT2D eigenvalue weighted by Crippen LogP contribution is -2.51. The molecule has 2 fully saturated rings. The van der Waals surface area contributed by atoms with Crippen LogP contribution in [0.5, 0.6) is 5.75 Å². The molecular weight excluding hydrogens is 396 g/mol. The SMILES string of the molecule is COc1ccccc1N1CCN(C(=O)C2CCN(c3ccccc3[N+](=O)[O-])CC2)CC1. The molecule has 2 aromatic carbocycles. The van der Waals surface area contributed by atoms with E-state index in [0.29, 0.717) is 31.9 Å². The lowest BCUT2D eigenvalue weighted by atomic mass is 9.94. The van der Waals surface area contributed by atoms with Gasteiger partial charge in [0.15, 0.2) is 0 Å². The van der Waals surface area contributed by atoms with Crippen molar-refractivity contribution in [2.75, 3.05) is 56.2 Å². The number of carbonyl (C=O) groups excluding carboxylic acids is 1. The van der Waals surface area contributed by atoms with E-state index in [2.05, 4.69) is 11.0 Å². The lowest BCUT2D eigenvalue weighted by Gasteiger charge is -2.39. The molecule has 0 saturated carbocycles. The topological polar surface area (TPSA) is 79.2 Å². The largest absolute Gasteiger partial charge is 0.495 e. The first-order valence-electron chi connectivity index (χ1n) is 10.7. The number of ether oxygens (including phenoxy) is 1. The third-order valence-corrected chi connectivity index (χ3v) is 6.28. The molecule has 1 amide bonds. The quantitative estimate of drug-likeness (QED) is 0.542. The third kappa shape index (κ3) is 4.42. The second kappa shape index (κ2) is 9.24. The summed E-state index contributed by atoms with van der Waals surface area (Å²) >= 11 is 0. The van der Waals surface area contributed by atoms with Gasteiger partial charge in [0.05, 0.1) is 17.7 Å². The number of anilines is 2. The summed E-state index contributed by atoms with van der Waals surface area (Å²) in [5.41, 5.74) is 1.83. The number of nitro benzene ring substituents is 1. The summed E-state index contributed by atoms with van der Waals surface area (Å²) in [6.07, 6.45) is 1.44. The first-order valence-corrected chi connectivity index (χ1v) is 10.7. The highest BCUT2D eigenvalue weighted by molar-refractivity contribution is 5.80. The fourth-order valence-electron chi connectivity index (χ4n) is 4.57. The van der Waals surface area contributed by atoms with Crippen molar-refractivity contribution in [2.45, 2.75) is 12.8 Å². The van der Waals surface area contributed by atoms with Crippen molar-refractivity contribution in [3.8, 4) is 5.75 Å². The minimum atomic E-state index is -0.339. The molecule has 0 atom stereocenters. The number of para-hydroxylation sites is 4. The van der Waals surface area contributed by atoms with Gasteiger partial charge in [-0.05, 0) is 31.0 Å². The fourth-order valence-corrected chi connectivity index (χ4v) is 4.57. The summed E-state index contributed by atoms with van der Waals surface area (Å²) < 4.78 is 5.47. The maximum absolute atomic E-state index is 13.1. The summed E-state index contributed by atoms with van der Waals surface area (Å²) in [5, 5.41) is 11.3. The summed E-state index contributed by atoms with van der Waals surface area (Å²) in [5.74, 6) is 1.04. The third-order valence-electron chi connectivity index (χ3n) is 6.28. The minimum Gasteiger partial charge on any atom is -0.495 e. The predicted octanol–water partition coefficient (Wildman–Crippen LogP) is 3.17. The van der Waals surface area contributed by atoms with Gasteiger partial charge in [0.1, 0.15) is 11.4 Å². The number of nitrogens with zero attached hydrogens (tertiary/aromatic N) is 4. The Hall–Kier alpha value is -3.29. The summed E-state index contributed by atoms with van der Waals surface area (Å²) in [6.45, 7) is 4.26. The number of rotatable bonds is 5. The molecule has 31 heavy (non-hydrogen) atoms. The van der Waals surface area contributed by atoms with Crippen LogP contribution in [0.25, 0.3) is 0 Å². The molecule has 164 valence electrons. The second-order valence-corrected chi connectivity index (χ2v) is 7.99. The van der Waals surface area contributed by atoms with Crippen LogP contribution in [-0.4, -0.2) is 62.1 Å². The van der Waals surface area contributed by atoms with E-state index in [1.807, 2.05) is 34.1 Å². The maximum atomic E-state index is 13.1. The molecule has 2 heterocycles. The fraction of sp³-hybridized carbons (Fsp3) is 0.435. The highest BCUT2D eigenvalue weighted by Gasteiger charge is 2.32. The number of amides is 1. The van der Waals surface area contributed by atoms with E-state index in [1.54, 1.807) is 19.2 Å². The Kier molecular flexibility index (Phi) is 6.25. The molecule has 4 rings (SSSR count). The molecule has 0 N–H and O–H groups in total. The molecule has 2 aromatic rings. The number of carbonyl (C=O) groups is 1. The van der Waals surface area contributed by atoms with Crippen LogP contribution < -0.4 is 14.5 Å². The van der Waals surface area contributed by atoms with Gasteiger partial charge in [0.2, 0.25) is 5.91 Å². The Morgan fingerprint density at radius 2 is 1.48 bits per heavy atom. The maximum Gasteiger partial charge on any atom is 0.292 e. The predicted molar refractivity (Wildman–Crippen MR) is 120 cm³/mol. The zero-order valence-corrected chi connectivity index (χ0v) is 17.8. The number of methoxy groups -OCH3 is 1. The molecule has 8 nitrogen and oxygen atoms in total. The van der Waals surface area contributed by atoms with Crippen LogP contribution in [-0.2, 0) is 4.79 Å². The van der Waals surface area contributed by atoms with Gasteiger partial charge in [0.25, 0.3) is 5.69 Å². The first kappa shape index (κ1) is 21.0. The number of hydrogen-bond acceptors (Lipinski definition) is 6. The van der Waals surface area contributed by atoms with Crippen LogP contribution in [0.1, 0.15) is 12.8 Å². The molecule has 0 aliphatic carbocycles. The molecule has 0 spiro atoms. The van der Waals surface area contributed by atoms with Crippen LogP contribution in [0.4, 0.5) is 17.1 Å². The van der Waals surface area contributed by atoms with Gasteiger partial charge in [-0.1, -0.05) is 24.3 Å². The van der Waals surface area contributed by atoms with E-state index in [-0.39, 0.29) is 22.4 Å². The van der Waals surface area contributed by atoms with E-state index in [1.165, 1.54) is 6.07 Å². The Balaban J connectivity index is 1.32. The zero-order valence-electron chi connectivity index (χ0n) is 17.8. The van der Waals surface area contributed by atoms with Crippen molar-refractivity contribution < 1.29 is 14.5 Å². The number of hydrogen-bond donors (Lipinski definition) is 0. The average Bonchev–Trinajstić information content (AvgIpc) is 2.83. The normalized spacial score (nSPS) is 17.5. The van der Waals surface area contributed by atoms with Gasteiger partial charge >= 0.3 is 0 Å². The highest BCUT2D eigenvalue weighted by atomic mass is 16.6. The van der Waals surface area contributed by atoms with Crippen molar-refractivity contribution >= 4 is 23.0 Å². The molecule has 2 aliphatic heterocycles. The van der Waals surface area contributed by atoms with Crippen molar-refractivity contribution in [3.05, 3.63) is 58.6 Å². The molecule has 2 aliphatic rings. The average molecular weight is 425 g/mol. The van der Waals surface area contributed by atoms with Gasteiger partial charge in [-0.15, -0.1) is 0 Å². The van der Waals surface area contributed by atoms with E-state index in [9.17, 15) is 14.9 Å². The highest BCUT2D eigenvalue weighted by Crippen LogP contribution is 2.32. The van der Waals surface area contributed by atoms with Gasteiger partial charge in [-0.25, -0.2) is 0 Å². The Morgan fingerprint density at radius 1 is 0.903 bits per heavy atom. The van der Waals surface area contributed by atoms with Gasteiger partial charge < -0.3 is 19.4 Å². The summed E-state index contributed by atoms with van der Waals surface area (Å²) in [6, 6.07) is 14.8. The number of piperazine rings is 1. The van der Waals surface area contributed by atoms with Crippen LogP contribution in [0, 0.1) is 16.0 Å². The van der Waals surface area contributed by atoms with Gasteiger partial charge in [-0.2, -0.15) is 0 Å². The molecule has 2 saturated heterocycles. The molecular formula is C23H28N4O4. The number of piperidine rings is 1. The van der Waals surface area contributed by atoms with E-state index in [0.717, 1.165) is 37.4 Å². The first-order chi connectivity index (χ1) is 15.1. The standard InChI is InChI=1S/C23H28N4O4/c1-31-22-9-5-4-8-21(22)25-14-16-26(17-15-25)23(28)18-10-12-24(13-11-18)19-6-2-3-7-20(19)27(29)30/h2-9,18H,10-17H2,1H3. The van der Waals surface area contributed by atoms with Crippen molar-refractivity contribution in [3.63, 3.8) is 0 Å². The van der Waals surface area contributed by atoms with Crippen LogP contribution >= 0.6 is 0 Å². The number of benzene rings is 2. The Labute approximate surface area is 182 Å². The minimum absolute atomic E-state index is 0.0168. The van der Waals surface area contributed by atoms with Crippen molar-refractivity contribution in [1.29, 1.82) is 0 Å². The van der Waals surface area contributed by atoms with Gasteiger partial charge in [0, 0.05) is 51.3 Å². The van der Waals surface area contributed by atoms with Gasteiger partial charge in [-0.3, -0.25) is 14.9 Å².